The van der Waals surface area contributed by atoms with Crippen LogP contribution in [0.2, 0.25) is 0 Å². The number of carbonyl (C=O) groups excluding carboxylic acids is 1. The van der Waals surface area contributed by atoms with E-state index in [1.54, 1.807) is 12.1 Å². The van der Waals surface area contributed by atoms with Crippen LogP contribution in [0.3, 0.4) is 0 Å². The molecule has 2 aromatic carbocycles. The number of amides is 1. The minimum absolute atomic E-state index is 0.237. The van der Waals surface area contributed by atoms with Crippen LogP contribution in [-0.2, 0) is 0 Å². The Balaban J connectivity index is 1.82. The van der Waals surface area contributed by atoms with Crippen LogP contribution in [0.4, 0.5) is 18.9 Å². The summed E-state index contributed by atoms with van der Waals surface area (Å²) in [7, 11) is 0. The molecule has 0 saturated carbocycles. The number of carbonyl (C=O) groups is 1. The standard InChI is InChI=1S/C17H12ClF3N2OS/c18-15-11-3-1-2-4-13(11)25-14-6-5-10(9-12(14)23-15)16(24)22-8-7-17(19,20)21/h1-6,9H,7-8H2,(H,22,24). The average molecular weight is 385 g/mol. The summed E-state index contributed by atoms with van der Waals surface area (Å²) in [6.07, 6.45) is -5.37. The first kappa shape index (κ1) is 17.8. The Bertz CT molecular complexity index is 852. The molecule has 0 radical (unpaired) electrons. The maximum atomic E-state index is 12.2. The smallest absolute Gasteiger partial charge is 0.352 e. The Morgan fingerprint density at radius 1 is 1.16 bits per heavy atom. The molecule has 0 atom stereocenters. The van der Waals surface area contributed by atoms with Gasteiger partial charge in [-0.1, -0.05) is 41.6 Å². The fourth-order valence-corrected chi connectivity index (χ4v) is 3.58. The number of nitrogens with one attached hydrogen (secondary N) is 1. The van der Waals surface area contributed by atoms with E-state index in [2.05, 4.69) is 10.3 Å². The SMILES string of the molecule is O=C(NCCC(F)(F)F)c1ccc2c(c1)N=C(Cl)c1ccccc1S2. The predicted octanol–water partition coefficient (Wildman–Crippen LogP) is 5.15. The zero-order valence-corrected chi connectivity index (χ0v) is 14.3. The van der Waals surface area contributed by atoms with Crippen molar-refractivity contribution in [3.63, 3.8) is 0 Å². The van der Waals surface area contributed by atoms with Crippen LogP contribution in [0.5, 0.6) is 0 Å². The molecule has 1 N–H and O–H groups in total. The van der Waals surface area contributed by atoms with Gasteiger partial charge in [0.25, 0.3) is 5.91 Å². The van der Waals surface area contributed by atoms with Gasteiger partial charge in [-0.25, -0.2) is 4.99 Å². The Kier molecular flexibility index (Phi) is 5.06. The first-order valence-corrected chi connectivity index (χ1v) is 8.53. The van der Waals surface area contributed by atoms with Gasteiger partial charge in [0.05, 0.1) is 12.1 Å². The molecule has 8 heteroatoms. The first-order chi connectivity index (χ1) is 11.8. The van der Waals surface area contributed by atoms with Gasteiger partial charge < -0.3 is 5.32 Å². The third-order valence-corrected chi connectivity index (χ3v) is 4.89. The second kappa shape index (κ2) is 7.09. The quantitative estimate of drug-likeness (QED) is 0.795. The highest BCUT2D eigenvalue weighted by atomic mass is 35.5. The molecule has 1 aliphatic rings. The van der Waals surface area contributed by atoms with Crippen molar-refractivity contribution in [3.05, 3.63) is 53.6 Å². The van der Waals surface area contributed by atoms with E-state index in [0.717, 1.165) is 15.4 Å². The maximum Gasteiger partial charge on any atom is 0.390 e. The highest BCUT2D eigenvalue weighted by Gasteiger charge is 2.26. The fourth-order valence-electron chi connectivity index (χ4n) is 2.26. The summed E-state index contributed by atoms with van der Waals surface area (Å²) in [4.78, 5) is 18.1. The summed E-state index contributed by atoms with van der Waals surface area (Å²) in [5.41, 5.74) is 1.54. The van der Waals surface area contributed by atoms with Gasteiger partial charge in [-0.15, -0.1) is 0 Å². The van der Waals surface area contributed by atoms with E-state index < -0.39 is 25.0 Å². The van der Waals surface area contributed by atoms with E-state index in [9.17, 15) is 18.0 Å². The van der Waals surface area contributed by atoms with Crippen molar-refractivity contribution in [2.75, 3.05) is 6.54 Å². The van der Waals surface area contributed by atoms with Gasteiger partial charge in [-0.2, -0.15) is 13.2 Å². The Morgan fingerprint density at radius 2 is 1.92 bits per heavy atom. The van der Waals surface area contributed by atoms with Crippen molar-refractivity contribution in [1.82, 2.24) is 5.32 Å². The van der Waals surface area contributed by atoms with Crippen molar-refractivity contribution < 1.29 is 18.0 Å². The normalized spacial score (nSPS) is 13.4. The topological polar surface area (TPSA) is 41.5 Å². The summed E-state index contributed by atoms with van der Waals surface area (Å²) in [6.45, 7) is -0.469. The summed E-state index contributed by atoms with van der Waals surface area (Å²) >= 11 is 7.73. The summed E-state index contributed by atoms with van der Waals surface area (Å²) < 4.78 is 36.5. The molecule has 1 aliphatic heterocycles. The summed E-state index contributed by atoms with van der Waals surface area (Å²) in [5.74, 6) is -0.579. The van der Waals surface area contributed by atoms with Crippen LogP contribution in [0.15, 0.2) is 57.2 Å². The molecule has 1 amide bonds. The number of hydrogen-bond acceptors (Lipinski definition) is 3. The van der Waals surface area contributed by atoms with Gasteiger partial charge in [0.15, 0.2) is 0 Å². The van der Waals surface area contributed by atoms with Crippen molar-refractivity contribution >= 4 is 40.1 Å². The van der Waals surface area contributed by atoms with Crippen LogP contribution in [0.25, 0.3) is 0 Å². The van der Waals surface area contributed by atoms with E-state index in [0.29, 0.717) is 10.9 Å². The average Bonchev–Trinajstić information content (AvgIpc) is 2.69. The number of rotatable bonds is 3. The molecular formula is C17H12ClF3N2OS. The summed E-state index contributed by atoms with van der Waals surface area (Å²) in [6, 6.07) is 12.3. The molecule has 0 unspecified atom stereocenters. The number of hydrogen-bond donors (Lipinski definition) is 1. The number of fused-ring (bicyclic) bond motifs is 2. The van der Waals surface area contributed by atoms with Gasteiger partial charge in [0, 0.05) is 27.5 Å². The number of benzene rings is 2. The van der Waals surface area contributed by atoms with E-state index >= 15 is 0 Å². The van der Waals surface area contributed by atoms with E-state index in [-0.39, 0.29) is 5.56 Å². The van der Waals surface area contributed by atoms with Gasteiger partial charge in [0.1, 0.15) is 5.17 Å². The van der Waals surface area contributed by atoms with Gasteiger partial charge >= 0.3 is 6.18 Å². The molecule has 0 spiro atoms. The van der Waals surface area contributed by atoms with Crippen molar-refractivity contribution in [2.24, 2.45) is 4.99 Å². The molecule has 3 nitrogen and oxygen atoms in total. The predicted molar refractivity (Wildman–Crippen MR) is 92.1 cm³/mol. The molecule has 130 valence electrons. The van der Waals surface area contributed by atoms with E-state index in [1.165, 1.54) is 17.8 Å². The Morgan fingerprint density at radius 3 is 2.68 bits per heavy atom. The van der Waals surface area contributed by atoms with Gasteiger partial charge in [-0.05, 0) is 24.3 Å². The van der Waals surface area contributed by atoms with E-state index in [4.69, 9.17) is 11.6 Å². The largest absolute Gasteiger partial charge is 0.390 e. The minimum Gasteiger partial charge on any atom is -0.352 e. The number of alkyl halides is 3. The van der Waals surface area contributed by atoms with Gasteiger partial charge in [0.2, 0.25) is 0 Å². The lowest BCUT2D eigenvalue weighted by Crippen LogP contribution is -2.27. The van der Waals surface area contributed by atoms with E-state index in [1.807, 2.05) is 24.3 Å². The molecule has 0 aromatic heterocycles. The number of nitrogens with zero attached hydrogens (tertiary/aromatic N) is 1. The van der Waals surface area contributed by atoms with Crippen LogP contribution >= 0.6 is 23.4 Å². The zero-order valence-electron chi connectivity index (χ0n) is 12.7. The number of aliphatic imine (C=N–C) groups is 1. The molecule has 0 fully saturated rings. The molecule has 1 heterocycles. The fraction of sp³-hybridized carbons (Fsp3) is 0.176. The first-order valence-electron chi connectivity index (χ1n) is 7.34. The minimum atomic E-state index is -4.30. The lowest BCUT2D eigenvalue weighted by molar-refractivity contribution is -0.132. The molecule has 0 saturated heterocycles. The molecular weight excluding hydrogens is 373 g/mol. The van der Waals surface area contributed by atoms with Crippen molar-refractivity contribution in [1.29, 1.82) is 0 Å². The molecule has 25 heavy (non-hydrogen) atoms. The monoisotopic (exact) mass is 384 g/mol. The van der Waals surface area contributed by atoms with Crippen molar-refractivity contribution in [2.45, 2.75) is 22.4 Å². The Hall–Kier alpha value is -1.99. The highest BCUT2D eigenvalue weighted by Crippen LogP contribution is 2.41. The molecule has 0 bridgehead atoms. The second-order valence-electron chi connectivity index (χ2n) is 5.30. The lowest BCUT2D eigenvalue weighted by atomic mass is 10.2. The third-order valence-electron chi connectivity index (χ3n) is 3.46. The highest BCUT2D eigenvalue weighted by molar-refractivity contribution is 7.99. The van der Waals surface area contributed by atoms with Crippen LogP contribution < -0.4 is 5.32 Å². The molecule has 2 aromatic rings. The zero-order chi connectivity index (χ0) is 18.0. The Labute approximate surface area is 151 Å². The van der Waals surface area contributed by atoms with Crippen molar-refractivity contribution in [3.8, 4) is 0 Å². The van der Waals surface area contributed by atoms with Crippen LogP contribution in [0, 0.1) is 0 Å². The number of halogens is 4. The van der Waals surface area contributed by atoms with Gasteiger partial charge in [-0.3, -0.25) is 4.79 Å². The van der Waals surface area contributed by atoms with Crippen LogP contribution in [-0.4, -0.2) is 23.8 Å². The third kappa shape index (κ3) is 4.35. The molecule has 3 rings (SSSR count). The van der Waals surface area contributed by atoms with Crippen LogP contribution in [0.1, 0.15) is 22.3 Å². The lowest BCUT2D eigenvalue weighted by Gasteiger charge is -2.09. The maximum absolute atomic E-state index is 12.2. The second-order valence-corrected chi connectivity index (χ2v) is 6.75. The molecule has 0 aliphatic carbocycles. The summed E-state index contributed by atoms with van der Waals surface area (Å²) in [5, 5.41) is 2.56.